The first-order chi connectivity index (χ1) is 7.18. The van der Waals surface area contributed by atoms with Crippen molar-refractivity contribution in [1.82, 2.24) is 10.3 Å². The van der Waals surface area contributed by atoms with Crippen molar-refractivity contribution < 1.29 is 13.9 Å². The Morgan fingerprint density at radius 3 is 3.00 bits per heavy atom. The molecule has 0 saturated carbocycles. The number of carbonyl (C=O) groups is 1. The Bertz CT molecular complexity index is 366. The molecule has 5 nitrogen and oxygen atoms in total. The fraction of sp³-hybridized carbons (Fsp3) is 0.556. The van der Waals surface area contributed by atoms with E-state index >= 15 is 0 Å². The third kappa shape index (κ3) is 2.13. The van der Waals surface area contributed by atoms with Gasteiger partial charge in [0.25, 0.3) is 5.91 Å². The molecule has 1 aliphatic rings. The zero-order valence-electron chi connectivity index (χ0n) is 8.20. The molecule has 82 valence electrons. The van der Waals surface area contributed by atoms with E-state index in [9.17, 15) is 4.79 Å². The molecule has 0 aromatic carbocycles. The van der Waals surface area contributed by atoms with Gasteiger partial charge in [0.1, 0.15) is 0 Å². The summed E-state index contributed by atoms with van der Waals surface area (Å²) in [5.74, 6) is -0.0723. The first-order valence-electron chi connectivity index (χ1n) is 4.61. The molecular formula is C9H11ClN2O3. The van der Waals surface area contributed by atoms with Crippen LogP contribution in [0.2, 0.25) is 0 Å². The van der Waals surface area contributed by atoms with Gasteiger partial charge in [-0.3, -0.25) is 4.79 Å². The molecule has 1 N–H and O–H groups in total. The van der Waals surface area contributed by atoms with Gasteiger partial charge in [0.15, 0.2) is 6.39 Å². The zero-order chi connectivity index (χ0) is 10.8. The predicted molar refractivity (Wildman–Crippen MR) is 53.0 cm³/mol. The van der Waals surface area contributed by atoms with E-state index in [4.69, 9.17) is 20.8 Å². The summed E-state index contributed by atoms with van der Waals surface area (Å²) in [4.78, 5) is 15.5. The van der Waals surface area contributed by atoms with E-state index in [0.717, 1.165) is 0 Å². The topological polar surface area (TPSA) is 64.4 Å². The summed E-state index contributed by atoms with van der Waals surface area (Å²) >= 11 is 5.94. The number of aromatic nitrogens is 1. The summed E-state index contributed by atoms with van der Waals surface area (Å²) in [7, 11) is 0. The van der Waals surface area contributed by atoms with Gasteiger partial charge in [-0.05, 0) is 6.92 Å². The third-order valence-electron chi connectivity index (χ3n) is 2.28. The smallest absolute Gasteiger partial charge is 0.289 e. The van der Waals surface area contributed by atoms with Crippen molar-refractivity contribution in [3.8, 4) is 0 Å². The number of ether oxygens (including phenoxy) is 1. The van der Waals surface area contributed by atoms with E-state index in [0.29, 0.717) is 18.9 Å². The molecule has 1 fully saturated rings. The first kappa shape index (κ1) is 10.4. The molecule has 15 heavy (non-hydrogen) atoms. The lowest BCUT2D eigenvalue weighted by molar-refractivity contribution is 0.0901. The van der Waals surface area contributed by atoms with Gasteiger partial charge in [-0.1, -0.05) is 0 Å². The second-order valence-electron chi connectivity index (χ2n) is 3.40. The normalized spacial score (nSPS) is 25.5. The molecule has 2 heterocycles. The number of hydrogen-bond donors (Lipinski definition) is 1. The van der Waals surface area contributed by atoms with E-state index in [-0.39, 0.29) is 23.1 Å². The summed E-state index contributed by atoms with van der Waals surface area (Å²) < 4.78 is 10.1. The van der Waals surface area contributed by atoms with Gasteiger partial charge in [-0.2, -0.15) is 0 Å². The quantitative estimate of drug-likeness (QED) is 0.761. The van der Waals surface area contributed by atoms with Crippen molar-refractivity contribution in [2.24, 2.45) is 0 Å². The van der Waals surface area contributed by atoms with Gasteiger partial charge < -0.3 is 14.5 Å². The lowest BCUT2D eigenvalue weighted by atomic mass is 10.2. The molecule has 0 bridgehead atoms. The molecule has 0 aliphatic carbocycles. The number of aryl methyl sites for hydroxylation is 1. The lowest BCUT2D eigenvalue weighted by Gasteiger charge is -2.12. The Labute approximate surface area is 91.8 Å². The van der Waals surface area contributed by atoms with Gasteiger partial charge in [0.05, 0.1) is 30.3 Å². The Balaban J connectivity index is 2.01. The largest absolute Gasteiger partial charge is 0.438 e. The minimum absolute atomic E-state index is 0.163. The molecule has 1 amide bonds. The number of carbonyl (C=O) groups excluding carboxylic acids is 1. The molecule has 1 saturated heterocycles. The highest BCUT2D eigenvalue weighted by Crippen LogP contribution is 2.13. The number of rotatable bonds is 2. The maximum absolute atomic E-state index is 11.7. The summed E-state index contributed by atoms with van der Waals surface area (Å²) in [5, 5.41) is 2.56. The predicted octanol–water partition coefficient (Wildman–Crippen LogP) is 0.719. The Hall–Kier alpha value is -1.07. The minimum Gasteiger partial charge on any atom is -0.438 e. The number of alkyl halides is 1. The lowest BCUT2D eigenvalue weighted by Crippen LogP contribution is -2.40. The standard InChI is InChI=1S/C9H11ClN2O3/c1-5-8(15-4-11-5)9(13)12-7-3-14-2-6(7)10/h4,6-7H,2-3H2,1H3,(H,12,13). The Kier molecular flexibility index (Phi) is 2.93. The van der Waals surface area contributed by atoms with E-state index in [1.807, 2.05) is 0 Å². The molecule has 1 aliphatic heterocycles. The summed E-state index contributed by atoms with van der Waals surface area (Å²) in [6.07, 6.45) is 1.24. The zero-order valence-corrected chi connectivity index (χ0v) is 8.95. The molecule has 0 radical (unpaired) electrons. The van der Waals surface area contributed by atoms with E-state index in [1.54, 1.807) is 6.92 Å². The first-order valence-corrected chi connectivity index (χ1v) is 5.05. The van der Waals surface area contributed by atoms with Gasteiger partial charge in [0, 0.05) is 0 Å². The van der Waals surface area contributed by atoms with Crippen molar-refractivity contribution >= 4 is 17.5 Å². The van der Waals surface area contributed by atoms with Crippen LogP contribution in [-0.2, 0) is 4.74 Å². The summed E-state index contributed by atoms with van der Waals surface area (Å²) in [5.41, 5.74) is 0.567. The van der Waals surface area contributed by atoms with Crippen LogP contribution in [0.3, 0.4) is 0 Å². The van der Waals surface area contributed by atoms with Crippen LogP contribution >= 0.6 is 11.6 Å². The van der Waals surface area contributed by atoms with E-state index in [1.165, 1.54) is 6.39 Å². The highest BCUT2D eigenvalue weighted by atomic mass is 35.5. The van der Waals surface area contributed by atoms with Crippen LogP contribution in [0.1, 0.15) is 16.2 Å². The second-order valence-corrected chi connectivity index (χ2v) is 3.96. The maximum atomic E-state index is 11.7. The highest BCUT2D eigenvalue weighted by molar-refractivity contribution is 6.21. The second kappa shape index (κ2) is 4.20. The number of oxazole rings is 1. The van der Waals surface area contributed by atoms with Gasteiger partial charge in [0.2, 0.25) is 5.76 Å². The molecule has 2 unspecified atom stereocenters. The number of nitrogens with zero attached hydrogens (tertiary/aromatic N) is 1. The highest BCUT2D eigenvalue weighted by Gasteiger charge is 2.29. The van der Waals surface area contributed by atoms with Crippen LogP contribution in [0.4, 0.5) is 0 Å². The Morgan fingerprint density at radius 2 is 2.47 bits per heavy atom. The van der Waals surface area contributed by atoms with Crippen molar-refractivity contribution in [1.29, 1.82) is 0 Å². The van der Waals surface area contributed by atoms with Crippen molar-refractivity contribution in [2.45, 2.75) is 18.3 Å². The number of hydrogen-bond acceptors (Lipinski definition) is 4. The maximum Gasteiger partial charge on any atom is 0.289 e. The van der Waals surface area contributed by atoms with E-state index in [2.05, 4.69) is 10.3 Å². The molecule has 1 aromatic heterocycles. The molecular weight excluding hydrogens is 220 g/mol. The van der Waals surface area contributed by atoms with Crippen molar-refractivity contribution in [2.75, 3.05) is 13.2 Å². The fourth-order valence-electron chi connectivity index (χ4n) is 1.41. The molecule has 0 spiro atoms. The van der Waals surface area contributed by atoms with E-state index < -0.39 is 0 Å². The van der Waals surface area contributed by atoms with Crippen LogP contribution in [0, 0.1) is 6.92 Å². The number of nitrogens with one attached hydrogen (secondary N) is 1. The summed E-state index contributed by atoms with van der Waals surface area (Å²) in [6, 6.07) is -0.163. The van der Waals surface area contributed by atoms with Gasteiger partial charge >= 0.3 is 0 Å². The van der Waals surface area contributed by atoms with Crippen LogP contribution in [0.5, 0.6) is 0 Å². The van der Waals surface area contributed by atoms with Gasteiger partial charge in [-0.25, -0.2) is 4.98 Å². The molecule has 6 heteroatoms. The molecule has 2 rings (SSSR count). The number of halogens is 1. The Morgan fingerprint density at radius 1 is 1.67 bits per heavy atom. The van der Waals surface area contributed by atoms with Gasteiger partial charge in [-0.15, -0.1) is 11.6 Å². The average molecular weight is 231 g/mol. The van der Waals surface area contributed by atoms with Crippen molar-refractivity contribution in [3.05, 3.63) is 17.8 Å². The number of amides is 1. The third-order valence-corrected chi connectivity index (χ3v) is 2.71. The SMILES string of the molecule is Cc1ncoc1C(=O)NC1COCC1Cl. The van der Waals surface area contributed by atoms with Crippen LogP contribution < -0.4 is 5.32 Å². The molecule has 1 aromatic rings. The van der Waals surface area contributed by atoms with Crippen LogP contribution in [-0.4, -0.2) is 35.5 Å². The molecule has 2 atom stereocenters. The van der Waals surface area contributed by atoms with Crippen molar-refractivity contribution in [3.63, 3.8) is 0 Å². The monoisotopic (exact) mass is 230 g/mol. The van der Waals surface area contributed by atoms with Crippen LogP contribution in [0.25, 0.3) is 0 Å². The minimum atomic E-state index is -0.300. The van der Waals surface area contributed by atoms with Crippen LogP contribution in [0.15, 0.2) is 10.8 Å². The fourth-order valence-corrected chi connectivity index (χ4v) is 1.64. The average Bonchev–Trinajstić information content (AvgIpc) is 2.76. The summed E-state index contributed by atoms with van der Waals surface area (Å²) in [6.45, 7) is 2.61.